The predicted octanol–water partition coefficient (Wildman–Crippen LogP) is 6.37. The first-order valence-electron chi connectivity index (χ1n) is 11.6. The summed E-state index contributed by atoms with van der Waals surface area (Å²) in [6, 6.07) is 6.81. The number of hydrogen-bond donors (Lipinski definition) is 0. The molecule has 0 aliphatic carbocycles. The van der Waals surface area contributed by atoms with Crippen molar-refractivity contribution in [3.05, 3.63) is 65.1 Å². The fourth-order valence-corrected chi connectivity index (χ4v) is 3.36. The van der Waals surface area contributed by atoms with Crippen molar-refractivity contribution < 1.29 is 31.8 Å². The Morgan fingerprint density at radius 1 is 1.22 bits per heavy atom. The van der Waals surface area contributed by atoms with Gasteiger partial charge in [-0.25, -0.2) is 9.37 Å². The molecule has 1 aromatic heterocycles. The molecule has 0 saturated carbocycles. The summed E-state index contributed by atoms with van der Waals surface area (Å²) in [5.74, 6) is -1.14. The van der Waals surface area contributed by atoms with Crippen LogP contribution in [0.4, 0.5) is 17.6 Å². The van der Waals surface area contributed by atoms with Crippen LogP contribution in [0.3, 0.4) is 0 Å². The molecule has 2 aromatic rings. The fourth-order valence-electron chi connectivity index (χ4n) is 3.36. The van der Waals surface area contributed by atoms with E-state index in [1.54, 1.807) is 52.1 Å². The zero-order valence-electron chi connectivity index (χ0n) is 21.0. The third-order valence-electron chi connectivity index (χ3n) is 5.34. The van der Waals surface area contributed by atoms with Crippen LogP contribution in [0.2, 0.25) is 0 Å². The Morgan fingerprint density at radius 2 is 1.89 bits per heavy atom. The highest BCUT2D eigenvalue weighted by Crippen LogP contribution is 2.31. The minimum Gasteiger partial charge on any atom is -0.473 e. The Balaban J connectivity index is 2.26. The zero-order chi connectivity index (χ0) is 26.9. The molecule has 0 radical (unpaired) electrons. The molecular formula is C26H31F4N3O3. The standard InChI is InChI=1S/C26H31F4N3O3/c1-6-8-13-23(36-18(4)31-5)20-11-9-10-12-21(20)25(34)33(7-2)17(3)16-35-24-22(27)14-19(15-32-24)26(28,29)30/h9-15,17H,6-8,16H2,1-5H3/b23-13-,31-18?/t17-/m0/s1. The highest BCUT2D eigenvalue weighted by atomic mass is 19.4. The van der Waals surface area contributed by atoms with Crippen molar-refractivity contribution in [2.24, 2.45) is 4.99 Å². The summed E-state index contributed by atoms with van der Waals surface area (Å²) in [6.45, 7) is 7.37. The number of aliphatic imine (C=N–C) groups is 1. The Kier molecular flexibility index (Phi) is 10.4. The lowest BCUT2D eigenvalue weighted by molar-refractivity contribution is -0.138. The van der Waals surface area contributed by atoms with Crippen LogP contribution in [0.5, 0.6) is 5.88 Å². The Morgan fingerprint density at radius 3 is 2.44 bits per heavy atom. The van der Waals surface area contributed by atoms with Gasteiger partial charge in [-0.1, -0.05) is 31.5 Å². The molecule has 0 unspecified atom stereocenters. The van der Waals surface area contributed by atoms with Gasteiger partial charge in [0.1, 0.15) is 12.4 Å². The van der Waals surface area contributed by atoms with E-state index >= 15 is 0 Å². The number of nitrogens with zero attached hydrogens (tertiary/aromatic N) is 3. The van der Waals surface area contributed by atoms with Crippen LogP contribution in [-0.2, 0) is 10.9 Å². The summed E-state index contributed by atoms with van der Waals surface area (Å²) >= 11 is 0. The topological polar surface area (TPSA) is 64.0 Å². The van der Waals surface area contributed by atoms with E-state index in [0.717, 1.165) is 12.8 Å². The number of carbonyl (C=O) groups is 1. The second-order valence-electron chi connectivity index (χ2n) is 8.01. The third-order valence-corrected chi connectivity index (χ3v) is 5.34. The average molecular weight is 510 g/mol. The number of halogens is 4. The Labute approximate surface area is 208 Å². The van der Waals surface area contributed by atoms with Crippen molar-refractivity contribution in [2.45, 2.75) is 52.8 Å². The molecule has 0 fully saturated rings. The van der Waals surface area contributed by atoms with Gasteiger partial charge in [0.25, 0.3) is 5.91 Å². The van der Waals surface area contributed by atoms with Gasteiger partial charge in [-0.15, -0.1) is 0 Å². The SMILES string of the molecule is CCC/C=C(\OC(C)=NC)c1ccccc1C(=O)N(CC)[C@@H](C)COc1ncc(C(F)(F)F)cc1F. The van der Waals surface area contributed by atoms with Gasteiger partial charge in [0.15, 0.2) is 11.7 Å². The number of pyridine rings is 1. The van der Waals surface area contributed by atoms with Gasteiger partial charge >= 0.3 is 6.18 Å². The molecule has 1 amide bonds. The first-order chi connectivity index (χ1) is 17.0. The van der Waals surface area contributed by atoms with Crippen molar-refractivity contribution in [1.29, 1.82) is 0 Å². The number of benzene rings is 1. The molecule has 2 rings (SSSR count). The molecule has 196 valence electrons. The van der Waals surface area contributed by atoms with Gasteiger partial charge in [-0.05, 0) is 38.5 Å². The minimum absolute atomic E-state index is 0.173. The number of allylic oxidation sites excluding steroid dienone is 1. The maximum absolute atomic E-state index is 14.1. The van der Waals surface area contributed by atoms with Crippen LogP contribution < -0.4 is 4.74 Å². The van der Waals surface area contributed by atoms with E-state index in [4.69, 9.17) is 9.47 Å². The molecule has 0 spiro atoms. The number of alkyl halides is 3. The number of rotatable bonds is 10. The van der Waals surface area contributed by atoms with Gasteiger partial charge < -0.3 is 14.4 Å². The zero-order valence-corrected chi connectivity index (χ0v) is 21.0. The highest BCUT2D eigenvalue weighted by molar-refractivity contribution is 5.99. The van der Waals surface area contributed by atoms with Crippen molar-refractivity contribution in [3.8, 4) is 5.88 Å². The van der Waals surface area contributed by atoms with Crippen LogP contribution in [0.1, 0.15) is 62.0 Å². The molecule has 0 aliphatic rings. The molecule has 0 bridgehead atoms. The molecule has 1 heterocycles. The molecule has 1 atom stereocenters. The number of unbranched alkanes of at least 4 members (excludes halogenated alkanes) is 1. The van der Waals surface area contributed by atoms with Crippen molar-refractivity contribution in [1.82, 2.24) is 9.88 Å². The lowest BCUT2D eigenvalue weighted by atomic mass is 10.0. The van der Waals surface area contributed by atoms with Gasteiger partial charge in [-0.2, -0.15) is 13.2 Å². The predicted molar refractivity (Wildman–Crippen MR) is 130 cm³/mol. The fraction of sp³-hybridized carbons (Fsp3) is 0.423. The van der Waals surface area contributed by atoms with Gasteiger partial charge in [0.05, 0.1) is 17.2 Å². The number of amides is 1. The first kappa shape index (κ1) is 28.8. The van der Waals surface area contributed by atoms with Gasteiger partial charge in [0, 0.05) is 32.3 Å². The first-order valence-corrected chi connectivity index (χ1v) is 11.6. The molecule has 1 aromatic carbocycles. The lowest BCUT2D eigenvalue weighted by Crippen LogP contribution is -2.42. The highest BCUT2D eigenvalue weighted by Gasteiger charge is 2.32. The Bertz CT molecular complexity index is 1100. The van der Waals surface area contributed by atoms with E-state index in [9.17, 15) is 22.4 Å². The van der Waals surface area contributed by atoms with Crippen LogP contribution >= 0.6 is 0 Å². The number of hydrogen-bond acceptors (Lipinski definition) is 5. The summed E-state index contributed by atoms with van der Waals surface area (Å²) in [4.78, 5) is 22.6. The maximum atomic E-state index is 14.1. The van der Waals surface area contributed by atoms with Gasteiger partial charge in [-0.3, -0.25) is 9.79 Å². The number of ether oxygens (including phenoxy) is 2. The minimum atomic E-state index is -4.71. The van der Waals surface area contributed by atoms with E-state index in [-0.39, 0.29) is 12.5 Å². The quantitative estimate of drug-likeness (QED) is 0.161. The molecule has 0 N–H and O–H groups in total. The molecule has 0 aliphatic heterocycles. The smallest absolute Gasteiger partial charge is 0.417 e. The van der Waals surface area contributed by atoms with Crippen LogP contribution in [-0.4, -0.2) is 47.9 Å². The Hall–Kier alpha value is -3.43. The van der Waals surface area contributed by atoms with Gasteiger partial charge in [0.2, 0.25) is 5.88 Å². The summed E-state index contributed by atoms with van der Waals surface area (Å²) in [5, 5.41) is 0. The van der Waals surface area contributed by atoms with Crippen molar-refractivity contribution in [3.63, 3.8) is 0 Å². The van der Waals surface area contributed by atoms with Crippen LogP contribution in [0.25, 0.3) is 5.76 Å². The molecule has 36 heavy (non-hydrogen) atoms. The summed E-state index contributed by atoms with van der Waals surface area (Å²) in [5.41, 5.74) is -0.211. The second kappa shape index (κ2) is 13.0. The van der Waals surface area contributed by atoms with E-state index in [2.05, 4.69) is 9.98 Å². The number of carbonyl (C=O) groups excluding carboxylic acids is 1. The summed E-state index contributed by atoms with van der Waals surface area (Å²) < 4.78 is 63.6. The summed E-state index contributed by atoms with van der Waals surface area (Å²) in [6.07, 6.45) is -0.678. The van der Waals surface area contributed by atoms with Crippen molar-refractivity contribution >= 4 is 17.6 Å². The molecule has 0 saturated heterocycles. The van der Waals surface area contributed by atoms with E-state index in [1.807, 2.05) is 13.0 Å². The third kappa shape index (κ3) is 7.53. The largest absolute Gasteiger partial charge is 0.473 e. The molecular weight excluding hydrogens is 478 g/mol. The second-order valence-corrected chi connectivity index (χ2v) is 8.01. The maximum Gasteiger partial charge on any atom is 0.417 e. The molecule has 6 nitrogen and oxygen atoms in total. The van der Waals surface area contributed by atoms with Crippen LogP contribution in [0, 0.1) is 5.82 Å². The van der Waals surface area contributed by atoms with E-state index in [1.165, 1.54) is 4.90 Å². The number of aromatic nitrogens is 1. The normalized spacial score (nSPS) is 13.4. The van der Waals surface area contributed by atoms with E-state index < -0.39 is 29.5 Å². The number of likely N-dealkylation sites (N-methyl/N-ethyl adjacent to an activating group) is 1. The molecule has 10 heteroatoms. The van der Waals surface area contributed by atoms with Crippen molar-refractivity contribution in [2.75, 3.05) is 20.2 Å². The summed E-state index contributed by atoms with van der Waals surface area (Å²) in [7, 11) is 1.61. The lowest BCUT2D eigenvalue weighted by Gasteiger charge is -2.29. The van der Waals surface area contributed by atoms with Crippen LogP contribution in [0.15, 0.2) is 47.6 Å². The average Bonchev–Trinajstić information content (AvgIpc) is 2.85. The van der Waals surface area contributed by atoms with E-state index in [0.29, 0.717) is 41.6 Å². The monoisotopic (exact) mass is 509 g/mol.